The summed E-state index contributed by atoms with van der Waals surface area (Å²) in [6.45, 7) is 0. The number of fused-ring (bicyclic) bond motifs is 2. The lowest BCUT2D eigenvalue weighted by Gasteiger charge is -2.13. The van der Waals surface area contributed by atoms with E-state index in [4.69, 9.17) is 15.5 Å². The van der Waals surface area contributed by atoms with Gasteiger partial charge in [-0.1, -0.05) is 84.9 Å². The number of rotatable bonds is 7. The first-order chi connectivity index (χ1) is 22.0. The Morgan fingerprint density at radius 2 is 1.60 bits per heavy atom. The van der Waals surface area contributed by atoms with E-state index in [-0.39, 0.29) is 5.91 Å². The molecule has 45 heavy (non-hydrogen) atoms. The van der Waals surface area contributed by atoms with Crippen LogP contribution in [-0.2, 0) is 7.05 Å². The average molecular weight is 608 g/mol. The normalized spacial score (nSPS) is 11.1. The van der Waals surface area contributed by atoms with Crippen LogP contribution in [0.2, 0.25) is 0 Å². The van der Waals surface area contributed by atoms with E-state index in [0.29, 0.717) is 22.9 Å². The second-order valence-electron chi connectivity index (χ2n) is 10.6. The van der Waals surface area contributed by atoms with Gasteiger partial charge >= 0.3 is 0 Å². The van der Waals surface area contributed by atoms with Crippen molar-refractivity contribution in [2.24, 2.45) is 12.0 Å². The topological polar surface area (TPSA) is 94.5 Å². The molecular weight excluding hydrogens is 579 g/mol. The fraction of sp³-hybridized carbons (Fsp3) is 0.0541. The Labute approximate surface area is 264 Å². The number of hydrogen-bond acceptors (Lipinski definition) is 6. The Morgan fingerprint density at radius 1 is 0.911 bits per heavy atom. The van der Waals surface area contributed by atoms with Gasteiger partial charge in [0.05, 0.1) is 29.4 Å². The molecule has 0 atom stereocenters. The molecule has 7 aromatic rings. The summed E-state index contributed by atoms with van der Waals surface area (Å²) in [5.74, 6) is 0.743. The van der Waals surface area contributed by atoms with Crippen molar-refractivity contribution in [2.75, 3.05) is 18.2 Å². The van der Waals surface area contributed by atoms with E-state index in [1.807, 2.05) is 96.5 Å². The second kappa shape index (κ2) is 11.7. The zero-order valence-electron chi connectivity index (χ0n) is 24.7. The van der Waals surface area contributed by atoms with Gasteiger partial charge in [0, 0.05) is 45.4 Å². The number of para-hydroxylation sites is 1. The second-order valence-corrected chi connectivity index (χ2v) is 11.5. The first kappa shape index (κ1) is 28.1. The lowest BCUT2D eigenvalue weighted by atomic mass is 10.0. The minimum absolute atomic E-state index is 0.218. The van der Waals surface area contributed by atoms with Gasteiger partial charge < -0.3 is 20.4 Å². The predicted molar refractivity (Wildman–Crippen MR) is 185 cm³/mol. The molecule has 3 heterocycles. The standard InChI is InChI=1S/C37H29N5O2S/c1-42-30-16-10-9-15-26(30)19-31(42)37(43)41-28-18-17-25(20-32(28)44-2)27-22-45-35-29(21-39-36(38)33(27)35)40-34(23-11-5-3-6-12-23)24-13-7-4-8-14-24/h3-22H,1-2H3,(H2,38,39)(H,41,43). The number of nitrogens with zero attached hydrogens (tertiary/aromatic N) is 3. The van der Waals surface area contributed by atoms with Crippen LogP contribution in [0.3, 0.4) is 0 Å². The maximum atomic E-state index is 13.3. The number of aryl methyl sites for hydroxylation is 1. The van der Waals surface area contributed by atoms with Crippen molar-refractivity contribution >= 4 is 61.1 Å². The lowest BCUT2D eigenvalue weighted by molar-refractivity contribution is 0.101. The number of benzene rings is 4. The quantitative estimate of drug-likeness (QED) is 0.178. The number of carbonyl (C=O) groups excluding carboxylic acids is 1. The maximum absolute atomic E-state index is 13.3. The molecule has 0 aliphatic heterocycles. The third kappa shape index (κ3) is 5.21. The highest BCUT2D eigenvalue weighted by molar-refractivity contribution is 7.18. The fourth-order valence-corrected chi connectivity index (χ4v) is 6.65. The van der Waals surface area contributed by atoms with Gasteiger partial charge in [-0.25, -0.2) is 9.98 Å². The molecule has 0 unspecified atom stereocenters. The summed E-state index contributed by atoms with van der Waals surface area (Å²) in [4.78, 5) is 23.0. The molecule has 1 amide bonds. The third-order valence-electron chi connectivity index (χ3n) is 7.88. The van der Waals surface area contributed by atoms with Crippen molar-refractivity contribution < 1.29 is 9.53 Å². The summed E-state index contributed by atoms with van der Waals surface area (Å²) >= 11 is 1.57. The molecule has 0 aliphatic rings. The summed E-state index contributed by atoms with van der Waals surface area (Å²) < 4.78 is 8.57. The molecule has 0 radical (unpaired) electrons. The number of aliphatic imine (C=N–C) groups is 1. The van der Waals surface area contributed by atoms with E-state index < -0.39 is 0 Å². The highest BCUT2D eigenvalue weighted by Crippen LogP contribution is 2.43. The smallest absolute Gasteiger partial charge is 0.272 e. The zero-order chi connectivity index (χ0) is 30.9. The molecule has 3 N–H and O–H groups in total. The number of hydrogen-bond donors (Lipinski definition) is 2. The zero-order valence-corrected chi connectivity index (χ0v) is 25.5. The van der Waals surface area contributed by atoms with E-state index in [1.54, 1.807) is 24.6 Å². The number of carbonyl (C=O) groups is 1. The number of aromatic nitrogens is 2. The van der Waals surface area contributed by atoms with Crippen molar-refractivity contribution in [2.45, 2.75) is 0 Å². The Hall–Kier alpha value is -5.73. The highest BCUT2D eigenvalue weighted by Gasteiger charge is 2.19. The lowest BCUT2D eigenvalue weighted by Crippen LogP contribution is -2.16. The third-order valence-corrected chi connectivity index (χ3v) is 8.88. The van der Waals surface area contributed by atoms with Crippen molar-refractivity contribution in [3.8, 4) is 16.9 Å². The first-order valence-corrected chi connectivity index (χ1v) is 15.3. The van der Waals surface area contributed by atoms with Crippen LogP contribution in [0, 0.1) is 0 Å². The Balaban J connectivity index is 1.26. The van der Waals surface area contributed by atoms with Crippen molar-refractivity contribution in [1.82, 2.24) is 9.55 Å². The average Bonchev–Trinajstić information content (AvgIpc) is 3.68. The Bertz CT molecular complexity index is 2180. The number of nitrogen functional groups attached to an aromatic ring is 1. The fourth-order valence-electron chi connectivity index (χ4n) is 5.61. The molecule has 0 saturated heterocycles. The number of nitrogens with two attached hydrogens (primary N) is 1. The Kier molecular flexibility index (Phi) is 7.33. The van der Waals surface area contributed by atoms with Crippen LogP contribution in [-0.4, -0.2) is 28.3 Å². The SMILES string of the molecule is COc1cc(-c2csc3c(N=C(c4ccccc4)c4ccccc4)cnc(N)c23)ccc1NC(=O)c1cc2ccccc2n1C. The summed E-state index contributed by atoms with van der Waals surface area (Å²) in [6.07, 6.45) is 1.73. The number of ether oxygens (including phenoxy) is 1. The molecule has 7 nitrogen and oxygen atoms in total. The molecule has 8 heteroatoms. The maximum Gasteiger partial charge on any atom is 0.272 e. The van der Waals surface area contributed by atoms with Gasteiger partial charge in [0.2, 0.25) is 0 Å². The van der Waals surface area contributed by atoms with Gasteiger partial charge in [0.15, 0.2) is 0 Å². The minimum Gasteiger partial charge on any atom is -0.495 e. The Morgan fingerprint density at radius 3 is 2.29 bits per heavy atom. The molecule has 0 aliphatic carbocycles. The highest BCUT2D eigenvalue weighted by atomic mass is 32.1. The first-order valence-electron chi connectivity index (χ1n) is 14.4. The molecule has 3 aromatic heterocycles. The predicted octanol–water partition coefficient (Wildman–Crippen LogP) is 8.47. The molecular formula is C37H29N5O2S. The molecule has 7 rings (SSSR count). The van der Waals surface area contributed by atoms with Crippen molar-refractivity contribution in [3.63, 3.8) is 0 Å². The number of methoxy groups -OCH3 is 1. The van der Waals surface area contributed by atoms with Crippen LogP contribution in [0.1, 0.15) is 21.6 Å². The van der Waals surface area contributed by atoms with Gasteiger partial charge in [-0.15, -0.1) is 11.3 Å². The molecule has 0 fully saturated rings. The van der Waals surface area contributed by atoms with Crippen LogP contribution in [0.5, 0.6) is 5.75 Å². The van der Waals surface area contributed by atoms with Crippen molar-refractivity contribution in [3.05, 3.63) is 138 Å². The number of amides is 1. The monoisotopic (exact) mass is 607 g/mol. The summed E-state index contributed by atoms with van der Waals surface area (Å²) in [5, 5.41) is 6.93. The van der Waals surface area contributed by atoms with Crippen LogP contribution < -0.4 is 15.8 Å². The number of pyridine rings is 1. The molecule has 0 saturated carbocycles. The summed E-state index contributed by atoms with van der Waals surface area (Å²) in [7, 11) is 3.48. The van der Waals surface area contributed by atoms with Crippen LogP contribution in [0.15, 0.2) is 126 Å². The van der Waals surface area contributed by atoms with E-state index in [9.17, 15) is 4.79 Å². The molecule has 220 valence electrons. The van der Waals surface area contributed by atoms with Gasteiger partial charge in [0.1, 0.15) is 22.9 Å². The summed E-state index contributed by atoms with van der Waals surface area (Å²) in [5.41, 5.74) is 14.0. The van der Waals surface area contributed by atoms with Gasteiger partial charge in [-0.3, -0.25) is 4.79 Å². The number of nitrogens with one attached hydrogen (secondary N) is 1. The molecule has 4 aromatic carbocycles. The molecule has 0 bridgehead atoms. The largest absolute Gasteiger partial charge is 0.495 e. The number of anilines is 2. The van der Waals surface area contributed by atoms with Crippen LogP contribution in [0.25, 0.3) is 32.1 Å². The van der Waals surface area contributed by atoms with Crippen molar-refractivity contribution in [1.29, 1.82) is 0 Å². The van der Waals surface area contributed by atoms with Crippen LogP contribution in [0.4, 0.5) is 17.2 Å². The van der Waals surface area contributed by atoms with E-state index in [0.717, 1.165) is 54.6 Å². The van der Waals surface area contributed by atoms with Gasteiger partial charge in [0.25, 0.3) is 5.91 Å². The molecule has 0 spiro atoms. The van der Waals surface area contributed by atoms with Gasteiger partial charge in [-0.05, 0) is 29.8 Å². The van der Waals surface area contributed by atoms with E-state index >= 15 is 0 Å². The number of thiophene rings is 1. The van der Waals surface area contributed by atoms with E-state index in [1.165, 1.54) is 0 Å². The van der Waals surface area contributed by atoms with Crippen LogP contribution >= 0.6 is 11.3 Å². The van der Waals surface area contributed by atoms with E-state index in [2.05, 4.69) is 39.9 Å². The van der Waals surface area contributed by atoms with Gasteiger partial charge in [-0.2, -0.15) is 0 Å². The minimum atomic E-state index is -0.218. The summed E-state index contributed by atoms with van der Waals surface area (Å²) in [6, 6.07) is 35.8.